The maximum atomic E-state index is 5.83. The molecule has 6 nitrogen and oxygen atoms in total. The molecule has 0 unspecified atom stereocenters. The average Bonchev–Trinajstić information content (AvgIpc) is 3.05. The van der Waals surface area contributed by atoms with Gasteiger partial charge in [0.05, 0.1) is 18.8 Å². The van der Waals surface area contributed by atoms with Gasteiger partial charge in [0.2, 0.25) is 0 Å². The molecule has 2 aromatic rings. The molecule has 6 heteroatoms. The third-order valence-electron chi connectivity index (χ3n) is 3.74. The first kappa shape index (κ1) is 17.8. The van der Waals surface area contributed by atoms with Crippen molar-refractivity contribution >= 4 is 5.96 Å². The number of ether oxygens (including phenoxy) is 1. The van der Waals surface area contributed by atoms with E-state index < -0.39 is 0 Å². The highest BCUT2D eigenvalue weighted by atomic mass is 16.5. The summed E-state index contributed by atoms with van der Waals surface area (Å²) >= 11 is 0. The third-order valence-corrected chi connectivity index (χ3v) is 3.74. The van der Waals surface area contributed by atoms with Crippen LogP contribution in [-0.4, -0.2) is 43.3 Å². The van der Waals surface area contributed by atoms with Crippen LogP contribution in [0, 0.1) is 6.92 Å². The van der Waals surface area contributed by atoms with Gasteiger partial charge in [-0.15, -0.1) is 0 Å². The Morgan fingerprint density at radius 3 is 2.83 bits per heavy atom. The lowest BCUT2D eigenvalue weighted by Gasteiger charge is -2.22. The number of nitrogens with one attached hydrogen (secondary N) is 1. The molecule has 0 amide bonds. The van der Waals surface area contributed by atoms with Crippen LogP contribution in [0.2, 0.25) is 0 Å². The summed E-state index contributed by atoms with van der Waals surface area (Å²) < 4.78 is 11.1. The Morgan fingerprint density at radius 1 is 1.38 bits per heavy atom. The van der Waals surface area contributed by atoms with Crippen LogP contribution in [0.15, 0.2) is 39.8 Å². The molecule has 0 spiro atoms. The molecular weight excluding hydrogens is 304 g/mol. The van der Waals surface area contributed by atoms with Crippen LogP contribution in [0.25, 0.3) is 0 Å². The molecule has 0 aliphatic rings. The number of guanidine groups is 1. The Kier molecular flexibility index (Phi) is 6.66. The summed E-state index contributed by atoms with van der Waals surface area (Å²) in [6.07, 6.45) is 0.869. The zero-order valence-electron chi connectivity index (χ0n) is 14.9. The van der Waals surface area contributed by atoms with E-state index in [1.54, 1.807) is 7.05 Å². The predicted molar refractivity (Wildman–Crippen MR) is 95.4 cm³/mol. The van der Waals surface area contributed by atoms with E-state index in [0.29, 0.717) is 13.2 Å². The summed E-state index contributed by atoms with van der Waals surface area (Å²) in [7, 11) is 3.74. The lowest BCUT2D eigenvalue weighted by Crippen LogP contribution is -2.40. The summed E-state index contributed by atoms with van der Waals surface area (Å²) in [5.41, 5.74) is 2.10. The minimum Gasteiger partial charge on any atom is -0.491 e. The topological polar surface area (TPSA) is 62.9 Å². The van der Waals surface area contributed by atoms with Crippen molar-refractivity contribution in [2.45, 2.75) is 26.8 Å². The van der Waals surface area contributed by atoms with Crippen molar-refractivity contribution in [3.8, 4) is 5.75 Å². The van der Waals surface area contributed by atoms with Gasteiger partial charge in [-0.1, -0.05) is 30.3 Å². The second-order valence-corrected chi connectivity index (χ2v) is 5.57. The number of hydrogen-bond acceptors (Lipinski definition) is 4. The average molecular weight is 330 g/mol. The highest BCUT2D eigenvalue weighted by Gasteiger charge is 2.08. The Bertz CT molecular complexity index is 667. The normalized spacial score (nSPS) is 11.4. The van der Waals surface area contributed by atoms with Crippen molar-refractivity contribution in [2.75, 3.05) is 27.2 Å². The molecule has 0 bridgehead atoms. The molecule has 130 valence electrons. The van der Waals surface area contributed by atoms with Crippen molar-refractivity contribution in [3.05, 3.63) is 47.3 Å². The molecule has 24 heavy (non-hydrogen) atoms. The first-order chi connectivity index (χ1) is 11.6. The zero-order valence-corrected chi connectivity index (χ0v) is 14.9. The van der Waals surface area contributed by atoms with Gasteiger partial charge in [0, 0.05) is 20.2 Å². The maximum Gasteiger partial charge on any atom is 0.193 e. The highest BCUT2D eigenvalue weighted by molar-refractivity contribution is 5.79. The van der Waals surface area contributed by atoms with E-state index in [-0.39, 0.29) is 0 Å². The lowest BCUT2D eigenvalue weighted by molar-refractivity contribution is 0.279. The minimum absolute atomic E-state index is 0.558. The monoisotopic (exact) mass is 330 g/mol. The van der Waals surface area contributed by atoms with Gasteiger partial charge in [-0.3, -0.25) is 4.99 Å². The molecule has 1 aromatic heterocycles. The summed E-state index contributed by atoms with van der Waals surface area (Å²) in [6, 6.07) is 9.97. The molecule has 0 saturated heterocycles. The number of para-hydroxylation sites is 1. The van der Waals surface area contributed by atoms with E-state index in [9.17, 15) is 0 Å². The van der Waals surface area contributed by atoms with E-state index in [2.05, 4.69) is 22.4 Å². The van der Waals surface area contributed by atoms with Crippen LogP contribution in [0.1, 0.15) is 23.9 Å². The van der Waals surface area contributed by atoms with Gasteiger partial charge in [0.15, 0.2) is 11.7 Å². The summed E-state index contributed by atoms with van der Waals surface area (Å²) in [5.74, 6) is 2.51. The fourth-order valence-corrected chi connectivity index (χ4v) is 2.27. The van der Waals surface area contributed by atoms with Gasteiger partial charge < -0.3 is 19.5 Å². The number of nitrogens with zero attached hydrogens (tertiary/aromatic N) is 3. The summed E-state index contributed by atoms with van der Waals surface area (Å²) in [4.78, 5) is 6.31. The number of aliphatic imine (C=N–C) groups is 1. The van der Waals surface area contributed by atoms with Gasteiger partial charge in [0.25, 0.3) is 0 Å². The van der Waals surface area contributed by atoms with Crippen LogP contribution in [-0.2, 0) is 13.0 Å². The first-order valence-corrected chi connectivity index (χ1v) is 8.18. The Labute approximate surface area is 143 Å². The number of hydrogen-bond donors (Lipinski definition) is 1. The maximum absolute atomic E-state index is 5.83. The second-order valence-electron chi connectivity index (χ2n) is 5.57. The third kappa shape index (κ3) is 5.01. The molecular formula is C18H26N4O2. The zero-order chi connectivity index (χ0) is 17.4. The largest absolute Gasteiger partial charge is 0.491 e. The molecule has 0 atom stereocenters. The Balaban J connectivity index is 1.78. The van der Waals surface area contributed by atoms with E-state index in [4.69, 9.17) is 9.26 Å². The van der Waals surface area contributed by atoms with Crippen LogP contribution in [0.5, 0.6) is 5.75 Å². The molecule has 0 aliphatic carbocycles. The standard InChI is InChI=1S/C18H26N4O2/c1-5-15-12-16(24-21-15)13-20-18(19-3)22(4)10-11-23-17-9-7-6-8-14(17)2/h6-9,12H,5,10-11,13H2,1-4H3,(H,19,20). The fourth-order valence-electron chi connectivity index (χ4n) is 2.27. The molecule has 0 saturated carbocycles. The predicted octanol–water partition coefficient (Wildman–Crippen LogP) is 2.63. The molecule has 0 aliphatic heterocycles. The van der Waals surface area contributed by atoms with E-state index in [0.717, 1.165) is 41.7 Å². The Hall–Kier alpha value is -2.50. The van der Waals surface area contributed by atoms with Crippen molar-refractivity contribution in [1.29, 1.82) is 0 Å². The van der Waals surface area contributed by atoms with Crippen molar-refractivity contribution < 1.29 is 9.26 Å². The highest BCUT2D eigenvalue weighted by Crippen LogP contribution is 2.15. The van der Waals surface area contributed by atoms with Crippen LogP contribution < -0.4 is 10.1 Å². The first-order valence-electron chi connectivity index (χ1n) is 8.18. The number of aromatic nitrogens is 1. The van der Waals surface area contributed by atoms with Crippen LogP contribution in [0.4, 0.5) is 0 Å². The fraction of sp³-hybridized carbons (Fsp3) is 0.444. The molecule has 1 aromatic carbocycles. The van der Waals surface area contributed by atoms with E-state index in [1.807, 2.05) is 49.2 Å². The van der Waals surface area contributed by atoms with Crippen molar-refractivity contribution in [3.63, 3.8) is 0 Å². The quantitative estimate of drug-likeness (QED) is 0.624. The molecule has 0 radical (unpaired) electrons. The summed E-state index contributed by atoms with van der Waals surface area (Å²) in [5, 5.41) is 7.26. The molecule has 1 N–H and O–H groups in total. The smallest absolute Gasteiger partial charge is 0.193 e. The Morgan fingerprint density at radius 2 is 2.17 bits per heavy atom. The number of aryl methyl sites for hydroxylation is 2. The van der Waals surface area contributed by atoms with E-state index >= 15 is 0 Å². The van der Waals surface area contributed by atoms with Crippen molar-refractivity contribution in [2.24, 2.45) is 4.99 Å². The molecule has 0 fully saturated rings. The molecule has 2 rings (SSSR count). The van der Waals surface area contributed by atoms with Crippen LogP contribution in [0.3, 0.4) is 0 Å². The van der Waals surface area contributed by atoms with Gasteiger partial charge in [-0.05, 0) is 25.0 Å². The molecule has 1 heterocycles. The van der Waals surface area contributed by atoms with Crippen molar-refractivity contribution in [1.82, 2.24) is 15.4 Å². The number of benzene rings is 1. The van der Waals surface area contributed by atoms with Gasteiger partial charge in [-0.2, -0.15) is 0 Å². The van der Waals surface area contributed by atoms with E-state index in [1.165, 1.54) is 0 Å². The van der Waals surface area contributed by atoms with Gasteiger partial charge in [0.1, 0.15) is 12.4 Å². The second kappa shape index (κ2) is 8.96. The van der Waals surface area contributed by atoms with Crippen LogP contribution >= 0.6 is 0 Å². The SMILES string of the molecule is CCc1cc(CNC(=NC)N(C)CCOc2ccccc2C)on1. The summed E-state index contributed by atoms with van der Waals surface area (Å²) in [6.45, 7) is 5.97. The van der Waals surface area contributed by atoms with Gasteiger partial charge in [-0.25, -0.2) is 0 Å². The minimum atomic E-state index is 0.558. The van der Waals surface area contributed by atoms with Gasteiger partial charge >= 0.3 is 0 Å². The number of rotatable bonds is 7. The number of likely N-dealkylation sites (N-methyl/N-ethyl adjacent to an activating group) is 1. The lowest BCUT2D eigenvalue weighted by atomic mass is 10.2.